The fourth-order valence-corrected chi connectivity index (χ4v) is 7.16. The number of fused-ring (bicyclic) bond motifs is 1. The monoisotopic (exact) mass is 669 g/mol. The van der Waals surface area contributed by atoms with Gasteiger partial charge in [0.1, 0.15) is 5.75 Å². The summed E-state index contributed by atoms with van der Waals surface area (Å²) in [6.07, 6.45) is 5.07. The zero-order valence-corrected chi connectivity index (χ0v) is 28.8. The smallest absolute Gasteiger partial charge is 0.363 e. The molecule has 13 heteroatoms. The van der Waals surface area contributed by atoms with E-state index in [4.69, 9.17) is 16.3 Å². The van der Waals surface area contributed by atoms with Crippen molar-refractivity contribution < 1.29 is 17.7 Å². The van der Waals surface area contributed by atoms with E-state index in [0.717, 1.165) is 67.3 Å². The zero-order chi connectivity index (χ0) is 33.0. The van der Waals surface area contributed by atoms with E-state index in [1.165, 1.54) is 12.4 Å². The van der Waals surface area contributed by atoms with Crippen LogP contribution in [-0.4, -0.2) is 95.7 Å². The van der Waals surface area contributed by atoms with Gasteiger partial charge in [0.05, 0.1) is 34.7 Å². The molecule has 6 rings (SSSR count). The number of aromatic nitrogens is 3. The molecule has 2 N–H and O–H groups in total. The van der Waals surface area contributed by atoms with Crippen molar-refractivity contribution in [1.29, 1.82) is 0 Å². The van der Waals surface area contributed by atoms with E-state index >= 15 is 0 Å². The molecule has 2 aliphatic rings. The van der Waals surface area contributed by atoms with Crippen LogP contribution in [0.2, 0.25) is 5.02 Å². The summed E-state index contributed by atoms with van der Waals surface area (Å²) >= 11 is 6.53. The summed E-state index contributed by atoms with van der Waals surface area (Å²) in [6, 6.07) is 11.6. The Balaban J connectivity index is 0.00000204. The lowest BCUT2D eigenvalue weighted by atomic mass is 10.0. The molecule has 2 aliphatic heterocycles. The molecule has 0 atom stereocenters. The fraction of sp³-hybridized carbons (Fsp3) is 0.455. The molecule has 46 heavy (non-hydrogen) atoms. The van der Waals surface area contributed by atoms with E-state index in [1.54, 1.807) is 24.3 Å². The van der Waals surface area contributed by atoms with Crippen LogP contribution in [0.1, 0.15) is 39.2 Å². The Labute approximate surface area is 277 Å². The van der Waals surface area contributed by atoms with Gasteiger partial charge in [-0.2, -0.15) is 8.42 Å². The molecule has 2 aromatic heterocycles. The molecular weight excluding hydrogens is 626 g/mol. The molecule has 2 aromatic carbocycles. The van der Waals surface area contributed by atoms with Crippen LogP contribution in [-0.2, 0) is 10.3 Å². The second-order valence-electron chi connectivity index (χ2n) is 11.5. The summed E-state index contributed by atoms with van der Waals surface area (Å²) in [6.45, 7) is 15.1. The minimum absolute atomic E-state index is 0.241. The van der Waals surface area contributed by atoms with Crippen LogP contribution in [0.3, 0.4) is 0 Å². The lowest BCUT2D eigenvalue weighted by molar-refractivity contribution is 0.0982. The maximum absolute atomic E-state index is 12.1. The average molecular weight is 670 g/mol. The molecule has 0 saturated carbocycles. The van der Waals surface area contributed by atoms with Crippen molar-refractivity contribution in [2.75, 3.05) is 63.1 Å². The molecule has 11 nitrogen and oxygen atoms in total. The summed E-state index contributed by atoms with van der Waals surface area (Å²) < 4.78 is 40.8. The van der Waals surface area contributed by atoms with Gasteiger partial charge in [0, 0.05) is 74.2 Å². The Hall–Kier alpha value is -3.42. The molecule has 0 unspecified atom stereocenters. The standard InChI is InChI=1S/C31H38ClN7O4S.C2H6/c1-4-43-29-18-28(38-11-9-22(10-12-38)37-15-13-36(3)14-16-37)21(2)17-26(29)34-31-33-19-25(32)30(35-31)24-20-39(44(40,41)42)27-8-6-5-7-23(24)27;1-2/h5-8,17-20,22H,4,9-16H2,1-3H3,(H,33,34,35)(H,40,41,42);1-2H3. The highest BCUT2D eigenvalue weighted by atomic mass is 35.5. The molecule has 2 saturated heterocycles. The summed E-state index contributed by atoms with van der Waals surface area (Å²) in [4.78, 5) is 16.6. The molecule has 0 amide bonds. The minimum atomic E-state index is -4.54. The maximum atomic E-state index is 12.1. The van der Waals surface area contributed by atoms with Crippen LogP contribution in [0.15, 0.2) is 48.8 Å². The number of para-hydroxylation sites is 1. The van der Waals surface area contributed by atoms with Gasteiger partial charge in [-0.3, -0.25) is 9.45 Å². The molecule has 0 bridgehead atoms. The minimum Gasteiger partial charge on any atom is -0.492 e. The largest absolute Gasteiger partial charge is 0.492 e. The number of anilines is 3. The number of ether oxygens (including phenoxy) is 1. The van der Waals surface area contributed by atoms with E-state index in [1.807, 2.05) is 20.8 Å². The Morgan fingerprint density at radius 1 is 1.07 bits per heavy atom. The molecular formula is C33H44ClN7O4S. The van der Waals surface area contributed by atoms with E-state index in [0.29, 0.717) is 46.2 Å². The SMILES string of the molecule is CC.CCOc1cc(N2CCC(N3CCN(C)CC3)CC2)c(C)cc1Nc1ncc(Cl)c(-c2cn(S(=O)(=O)O)c3ccccc23)n1. The topological polar surface area (TPSA) is 116 Å². The number of halogens is 1. The number of nitrogens with one attached hydrogen (secondary N) is 1. The third-order valence-electron chi connectivity index (χ3n) is 8.63. The molecule has 248 valence electrons. The number of aryl methyl sites for hydroxylation is 1. The number of likely N-dealkylation sites (N-methyl/N-ethyl adjacent to an activating group) is 1. The predicted octanol–water partition coefficient (Wildman–Crippen LogP) is 6.10. The first-order chi connectivity index (χ1) is 22.1. The van der Waals surface area contributed by atoms with Crippen LogP contribution in [0.25, 0.3) is 22.2 Å². The van der Waals surface area contributed by atoms with Crippen LogP contribution in [0, 0.1) is 6.92 Å². The van der Waals surface area contributed by atoms with Gasteiger partial charge < -0.3 is 19.9 Å². The molecule has 0 radical (unpaired) electrons. The molecule has 0 spiro atoms. The third-order valence-corrected chi connectivity index (χ3v) is 9.71. The molecule has 2 fully saturated rings. The number of piperazine rings is 1. The lowest BCUT2D eigenvalue weighted by Crippen LogP contribution is -2.52. The van der Waals surface area contributed by atoms with E-state index in [2.05, 4.69) is 56.1 Å². The molecule has 0 aliphatic carbocycles. The number of benzene rings is 2. The lowest BCUT2D eigenvalue weighted by Gasteiger charge is -2.43. The number of hydrogen-bond donors (Lipinski definition) is 2. The second-order valence-corrected chi connectivity index (χ2v) is 13.2. The Morgan fingerprint density at radius 3 is 2.43 bits per heavy atom. The van der Waals surface area contributed by atoms with Gasteiger partial charge in [0.25, 0.3) is 0 Å². The summed E-state index contributed by atoms with van der Waals surface area (Å²) in [5.41, 5.74) is 4.08. The average Bonchev–Trinajstić information content (AvgIpc) is 3.45. The van der Waals surface area contributed by atoms with Crippen molar-refractivity contribution >= 4 is 50.1 Å². The number of hydrogen-bond acceptors (Lipinski definition) is 9. The maximum Gasteiger partial charge on any atom is 0.363 e. The van der Waals surface area contributed by atoms with Gasteiger partial charge in [-0.25, -0.2) is 13.9 Å². The summed E-state index contributed by atoms with van der Waals surface area (Å²) in [5, 5.41) is 4.11. The van der Waals surface area contributed by atoms with Crippen molar-refractivity contribution in [2.45, 2.75) is 46.6 Å². The van der Waals surface area contributed by atoms with Crippen molar-refractivity contribution in [3.8, 4) is 17.0 Å². The fourth-order valence-electron chi connectivity index (χ4n) is 6.32. The molecule has 4 heterocycles. The Bertz CT molecular complexity index is 1770. The van der Waals surface area contributed by atoms with Crippen molar-refractivity contribution in [3.63, 3.8) is 0 Å². The number of nitrogens with zero attached hydrogens (tertiary/aromatic N) is 6. The predicted molar refractivity (Wildman–Crippen MR) is 186 cm³/mol. The van der Waals surface area contributed by atoms with Gasteiger partial charge >= 0.3 is 10.3 Å². The Kier molecular flexibility index (Phi) is 10.7. The quantitative estimate of drug-likeness (QED) is 0.213. The van der Waals surface area contributed by atoms with Gasteiger partial charge in [0.15, 0.2) is 0 Å². The zero-order valence-electron chi connectivity index (χ0n) is 27.2. The highest BCUT2D eigenvalue weighted by Gasteiger charge is 2.28. The van der Waals surface area contributed by atoms with Gasteiger partial charge in [-0.15, -0.1) is 0 Å². The highest BCUT2D eigenvalue weighted by molar-refractivity contribution is 7.84. The third kappa shape index (κ3) is 7.26. The molecule has 4 aromatic rings. The first kappa shape index (κ1) is 33.9. The number of piperidine rings is 1. The normalized spacial score (nSPS) is 16.7. The first-order valence-electron chi connectivity index (χ1n) is 16.0. The van der Waals surface area contributed by atoms with E-state index < -0.39 is 10.3 Å². The van der Waals surface area contributed by atoms with Crippen LogP contribution in [0.5, 0.6) is 5.75 Å². The summed E-state index contributed by atoms with van der Waals surface area (Å²) in [7, 11) is -2.34. The van der Waals surface area contributed by atoms with E-state index in [-0.39, 0.29) is 11.0 Å². The number of rotatable bonds is 8. The van der Waals surface area contributed by atoms with Crippen LogP contribution in [0.4, 0.5) is 17.3 Å². The Morgan fingerprint density at radius 2 is 1.76 bits per heavy atom. The van der Waals surface area contributed by atoms with Crippen LogP contribution >= 0.6 is 11.6 Å². The first-order valence-corrected chi connectivity index (χ1v) is 17.7. The van der Waals surface area contributed by atoms with Crippen molar-refractivity contribution in [3.05, 3.63) is 59.4 Å². The van der Waals surface area contributed by atoms with Crippen molar-refractivity contribution in [1.82, 2.24) is 23.7 Å². The van der Waals surface area contributed by atoms with Gasteiger partial charge in [-0.1, -0.05) is 43.6 Å². The highest BCUT2D eigenvalue weighted by Crippen LogP contribution is 2.38. The second kappa shape index (κ2) is 14.6. The van der Waals surface area contributed by atoms with Crippen LogP contribution < -0.4 is 15.0 Å². The van der Waals surface area contributed by atoms with E-state index in [9.17, 15) is 13.0 Å². The summed E-state index contributed by atoms with van der Waals surface area (Å²) in [5.74, 6) is 0.964. The van der Waals surface area contributed by atoms with Gasteiger partial charge in [-0.05, 0) is 51.4 Å². The van der Waals surface area contributed by atoms with Crippen molar-refractivity contribution in [2.24, 2.45) is 0 Å². The van der Waals surface area contributed by atoms with Gasteiger partial charge in [0.2, 0.25) is 5.95 Å².